The standard InChI is InChI=1S/C12H20N2O3/c1-9-11(17-10(2)14-9)12(16)13-7-5-3-4-6-8-15/h15H,3-8H2,1-2H3,(H,13,16). The summed E-state index contributed by atoms with van der Waals surface area (Å²) in [5, 5.41) is 11.4. The Morgan fingerprint density at radius 2 is 2.00 bits per heavy atom. The lowest BCUT2D eigenvalue weighted by Gasteiger charge is -2.03. The molecule has 0 saturated heterocycles. The van der Waals surface area contributed by atoms with Crippen LogP contribution in [-0.2, 0) is 0 Å². The van der Waals surface area contributed by atoms with Crippen molar-refractivity contribution in [3.63, 3.8) is 0 Å². The van der Waals surface area contributed by atoms with Gasteiger partial charge in [0.25, 0.3) is 5.91 Å². The number of aryl methyl sites for hydroxylation is 2. The molecule has 1 heterocycles. The fourth-order valence-electron chi connectivity index (χ4n) is 1.61. The highest BCUT2D eigenvalue weighted by atomic mass is 16.4. The molecule has 5 nitrogen and oxygen atoms in total. The number of hydrogen-bond donors (Lipinski definition) is 2. The van der Waals surface area contributed by atoms with Gasteiger partial charge in [-0.1, -0.05) is 12.8 Å². The van der Waals surface area contributed by atoms with Gasteiger partial charge in [-0.15, -0.1) is 0 Å². The van der Waals surface area contributed by atoms with Crippen LogP contribution >= 0.6 is 0 Å². The fourth-order valence-corrected chi connectivity index (χ4v) is 1.61. The predicted octanol–water partition coefficient (Wildman–Crippen LogP) is 1.57. The monoisotopic (exact) mass is 240 g/mol. The average Bonchev–Trinajstić information content (AvgIpc) is 2.62. The minimum Gasteiger partial charge on any atom is -0.436 e. The van der Waals surface area contributed by atoms with Crippen molar-refractivity contribution in [1.29, 1.82) is 0 Å². The Balaban J connectivity index is 2.23. The summed E-state index contributed by atoms with van der Waals surface area (Å²) in [4.78, 5) is 15.7. The molecule has 17 heavy (non-hydrogen) atoms. The Hall–Kier alpha value is -1.36. The summed E-state index contributed by atoms with van der Waals surface area (Å²) in [6.07, 6.45) is 3.74. The number of aromatic nitrogens is 1. The predicted molar refractivity (Wildman–Crippen MR) is 63.9 cm³/mol. The van der Waals surface area contributed by atoms with Crippen LogP contribution < -0.4 is 5.32 Å². The molecule has 1 amide bonds. The van der Waals surface area contributed by atoms with Crippen molar-refractivity contribution in [3.05, 3.63) is 17.3 Å². The number of amides is 1. The van der Waals surface area contributed by atoms with Crippen molar-refractivity contribution >= 4 is 5.91 Å². The number of oxazole rings is 1. The first kappa shape index (κ1) is 13.7. The maximum atomic E-state index is 11.7. The normalized spacial score (nSPS) is 10.5. The second-order valence-electron chi connectivity index (χ2n) is 4.04. The number of nitrogens with one attached hydrogen (secondary N) is 1. The second-order valence-corrected chi connectivity index (χ2v) is 4.04. The van der Waals surface area contributed by atoms with Crippen LogP contribution in [0.1, 0.15) is 47.8 Å². The zero-order chi connectivity index (χ0) is 12.7. The highest BCUT2D eigenvalue weighted by Crippen LogP contribution is 2.08. The third kappa shape index (κ3) is 4.56. The van der Waals surface area contributed by atoms with Gasteiger partial charge in [-0.05, 0) is 19.8 Å². The molecule has 0 aliphatic carbocycles. The Kier molecular flexibility index (Phi) is 5.69. The largest absolute Gasteiger partial charge is 0.436 e. The summed E-state index contributed by atoms with van der Waals surface area (Å²) >= 11 is 0. The molecular formula is C12H20N2O3. The molecule has 1 rings (SSSR count). The van der Waals surface area contributed by atoms with Crippen LogP contribution in [0.25, 0.3) is 0 Å². The van der Waals surface area contributed by atoms with Gasteiger partial charge in [0, 0.05) is 20.1 Å². The highest BCUT2D eigenvalue weighted by molar-refractivity contribution is 5.92. The lowest BCUT2D eigenvalue weighted by atomic mass is 10.2. The summed E-state index contributed by atoms with van der Waals surface area (Å²) in [7, 11) is 0. The number of unbranched alkanes of at least 4 members (excludes halogenated alkanes) is 3. The molecule has 0 radical (unpaired) electrons. The van der Waals surface area contributed by atoms with Gasteiger partial charge < -0.3 is 14.8 Å². The van der Waals surface area contributed by atoms with E-state index in [0.717, 1.165) is 25.7 Å². The Morgan fingerprint density at radius 1 is 1.29 bits per heavy atom. The zero-order valence-corrected chi connectivity index (χ0v) is 10.5. The van der Waals surface area contributed by atoms with Crippen molar-refractivity contribution in [3.8, 4) is 0 Å². The Morgan fingerprint density at radius 3 is 2.59 bits per heavy atom. The first-order valence-corrected chi connectivity index (χ1v) is 5.98. The van der Waals surface area contributed by atoms with Crippen LogP contribution in [0.4, 0.5) is 0 Å². The number of nitrogens with zero attached hydrogens (tertiary/aromatic N) is 1. The molecule has 96 valence electrons. The van der Waals surface area contributed by atoms with Crippen molar-refractivity contribution in [2.45, 2.75) is 39.5 Å². The molecule has 0 aliphatic heterocycles. The average molecular weight is 240 g/mol. The molecule has 0 fully saturated rings. The maximum Gasteiger partial charge on any atom is 0.289 e. The van der Waals surface area contributed by atoms with Crippen LogP contribution in [-0.4, -0.2) is 29.1 Å². The summed E-state index contributed by atoms with van der Waals surface area (Å²) < 4.78 is 5.22. The van der Waals surface area contributed by atoms with E-state index in [4.69, 9.17) is 9.52 Å². The van der Waals surface area contributed by atoms with Gasteiger partial charge in [-0.3, -0.25) is 4.79 Å². The van der Waals surface area contributed by atoms with Crippen LogP contribution in [0.15, 0.2) is 4.42 Å². The van der Waals surface area contributed by atoms with Gasteiger partial charge in [0.1, 0.15) is 0 Å². The van der Waals surface area contributed by atoms with E-state index in [1.807, 2.05) is 0 Å². The molecule has 0 saturated carbocycles. The summed E-state index contributed by atoms with van der Waals surface area (Å²) in [6.45, 7) is 4.34. The van der Waals surface area contributed by atoms with E-state index < -0.39 is 0 Å². The van der Waals surface area contributed by atoms with E-state index >= 15 is 0 Å². The smallest absolute Gasteiger partial charge is 0.289 e. The molecule has 2 N–H and O–H groups in total. The van der Waals surface area contributed by atoms with Gasteiger partial charge in [0.15, 0.2) is 5.89 Å². The molecule has 1 aromatic heterocycles. The van der Waals surface area contributed by atoms with E-state index in [-0.39, 0.29) is 12.5 Å². The topological polar surface area (TPSA) is 75.4 Å². The molecule has 0 unspecified atom stereocenters. The van der Waals surface area contributed by atoms with E-state index in [0.29, 0.717) is 23.9 Å². The van der Waals surface area contributed by atoms with Crippen molar-refractivity contribution < 1.29 is 14.3 Å². The minimum atomic E-state index is -0.203. The molecule has 0 aliphatic rings. The number of aliphatic hydroxyl groups is 1. The summed E-state index contributed by atoms with van der Waals surface area (Å²) in [6, 6.07) is 0. The van der Waals surface area contributed by atoms with E-state index in [1.54, 1.807) is 13.8 Å². The number of aliphatic hydroxyl groups excluding tert-OH is 1. The number of carbonyl (C=O) groups is 1. The second kappa shape index (κ2) is 7.06. The molecule has 0 atom stereocenters. The van der Waals surface area contributed by atoms with E-state index in [9.17, 15) is 4.79 Å². The molecular weight excluding hydrogens is 220 g/mol. The molecule has 5 heteroatoms. The number of rotatable bonds is 7. The first-order chi connectivity index (χ1) is 8.15. The fraction of sp³-hybridized carbons (Fsp3) is 0.667. The van der Waals surface area contributed by atoms with Crippen molar-refractivity contribution in [2.24, 2.45) is 0 Å². The van der Waals surface area contributed by atoms with Gasteiger partial charge in [0.05, 0.1) is 5.69 Å². The Labute approximate surface area is 101 Å². The highest BCUT2D eigenvalue weighted by Gasteiger charge is 2.14. The number of carbonyl (C=O) groups excluding carboxylic acids is 1. The van der Waals surface area contributed by atoms with E-state index in [1.165, 1.54) is 0 Å². The number of hydrogen-bond acceptors (Lipinski definition) is 4. The summed E-state index contributed by atoms with van der Waals surface area (Å²) in [5.41, 5.74) is 0.625. The molecule has 1 aromatic rings. The van der Waals surface area contributed by atoms with Crippen molar-refractivity contribution in [2.75, 3.05) is 13.2 Å². The van der Waals surface area contributed by atoms with Gasteiger partial charge in [0.2, 0.25) is 5.76 Å². The van der Waals surface area contributed by atoms with Crippen LogP contribution in [0.2, 0.25) is 0 Å². The van der Waals surface area contributed by atoms with Crippen LogP contribution in [0.3, 0.4) is 0 Å². The first-order valence-electron chi connectivity index (χ1n) is 5.98. The minimum absolute atomic E-state index is 0.203. The lowest BCUT2D eigenvalue weighted by Crippen LogP contribution is -2.24. The third-order valence-electron chi connectivity index (χ3n) is 2.48. The maximum absolute atomic E-state index is 11.7. The zero-order valence-electron chi connectivity index (χ0n) is 10.5. The van der Waals surface area contributed by atoms with Gasteiger partial charge in [-0.2, -0.15) is 0 Å². The van der Waals surface area contributed by atoms with E-state index in [2.05, 4.69) is 10.3 Å². The quantitative estimate of drug-likeness (QED) is 0.709. The molecule has 0 aromatic carbocycles. The summed E-state index contributed by atoms with van der Waals surface area (Å²) in [5.74, 6) is 0.610. The van der Waals surface area contributed by atoms with Gasteiger partial charge in [-0.25, -0.2) is 4.98 Å². The third-order valence-corrected chi connectivity index (χ3v) is 2.48. The lowest BCUT2D eigenvalue weighted by molar-refractivity contribution is 0.0923. The van der Waals surface area contributed by atoms with Crippen LogP contribution in [0, 0.1) is 13.8 Å². The van der Waals surface area contributed by atoms with Gasteiger partial charge >= 0.3 is 0 Å². The Bertz CT molecular complexity index is 361. The SMILES string of the molecule is Cc1nc(C)c(C(=O)NCCCCCCO)o1. The molecule has 0 spiro atoms. The molecule has 0 bridgehead atoms. The van der Waals surface area contributed by atoms with Crippen LogP contribution in [0.5, 0.6) is 0 Å². The van der Waals surface area contributed by atoms with Crippen molar-refractivity contribution in [1.82, 2.24) is 10.3 Å².